The Labute approximate surface area is 196 Å². The van der Waals surface area contributed by atoms with Gasteiger partial charge in [0.2, 0.25) is 17.7 Å². The molecule has 12 nitrogen and oxygen atoms in total. The van der Waals surface area contributed by atoms with Crippen LogP contribution in [-0.4, -0.2) is 74.1 Å². The van der Waals surface area contributed by atoms with Crippen molar-refractivity contribution in [3.05, 3.63) is 54.1 Å². The number of carboxylic acid groups (broad SMARTS) is 1. The number of carboxylic acids is 1. The van der Waals surface area contributed by atoms with E-state index < -0.39 is 54.0 Å². The van der Waals surface area contributed by atoms with E-state index in [9.17, 15) is 29.4 Å². The Morgan fingerprint density at radius 2 is 1.68 bits per heavy atom. The van der Waals surface area contributed by atoms with Crippen molar-refractivity contribution in [2.75, 3.05) is 0 Å². The zero-order chi connectivity index (χ0) is 25.3. The summed E-state index contributed by atoms with van der Waals surface area (Å²) in [5, 5.41) is 26.1. The number of aliphatic carboxylic acids is 1. The monoisotopic (exact) mass is 474 g/mol. The van der Waals surface area contributed by atoms with E-state index >= 15 is 0 Å². The summed E-state index contributed by atoms with van der Waals surface area (Å²) in [6.45, 7) is 2.65. The number of hydrogen-bond donors (Lipinski definition) is 7. The molecule has 5 unspecified atom stereocenters. The van der Waals surface area contributed by atoms with Crippen molar-refractivity contribution in [2.24, 2.45) is 5.73 Å². The molecule has 12 heteroatoms. The lowest BCUT2D eigenvalue weighted by Crippen LogP contribution is -2.58. The molecule has 2 rings (SSSR count). The Balaban J connectivity index is 2.02. The van der Waals surface area contributed by atoms with Crippen LogP contribution >= 0.6 is 0 Å². The van der Waals surface area contributed by atoms with Crippen molar-refractivity contribution in [1.82, 2.24) is 25.9 Å². The number of nitrogens with zero attached hydrogens (tertiary/aromatic N) is 1. The lowest BCUT2D eigenvalue weighted by atomic mass is 10.1. The molecule has 1 aromatic heterocycles. The van der Waals surface area contributed by atoms with Gasteiger partial charge in [-0.25, -0.2) is 9.78 Å². The number of hydrogen-bond acceptors (Lipinski definition) is 7. The maximum Gasteiger partial charge on any atom is 0.328 e. The molecule has 0 aliphatic carbocycles. The quantitative estimate of drug-likeness (QED) is 0.192. The number of aromatic amines is 1. The van der Waals surface area contributed by atoms with Crippen LogP contribution in [0.3, 0.4) is 0 Å². The smallest absolute Gasteiger partial charge is 0.328 e. The molecule has 184 valence electrons. The van der Waals surface area contributed by atoms with E-state index in [2.05, 4.69) is 25.9 Å². The normalized spacial score (nSPS) is 15.3. The SMILES string of the molecule is CC(NC(=O)C(N)Cc1ccccc1)C(=O)NC(Cc1cnc[nH]1)C(=O)NC(C(=O)O)C(C)O. The molecule has 0 bridgehead atoms. The average Bonchev–Trinajstić information content (AvgIpc) is 3.30. The lowest BCUT2D eigenvalue weighted by molar-refractivity contribution is -0.145. The van der Waals surface area contributed by atoms with Crippen LogP contribution < -0.4 is 21.7 Å². The van der Waals surface area contributed by atoms with Gasteiger partial charge in [-0.05, 0) is 25.8 Å². The molecule has 8 N–H and O–H groups in total. The van der Waals surface area contributed by atoms with Gasteiger partial charge in [0.25, 0.3) is 0 Å². The van der Waals surface area contributed by atoms with E-state index in [4.69, 9.17) is 5.73 Å². The first-order chi connectivity index (χ1) is 16.1. The van der Waals surface area contributed by atoms with Crippen molar-refractivity contribution in [3.8, 4) is 0 Å². The molecule has 2 aromatic rings. The van der Waals surface area contributed by atoms with Crippen LogP contribution in [0.15, 0.2) is 42.9 Å². The average molecular weight is 475 g/mol. The third kappa shape index (κ3) is 7.98. The summed E-state index contributed by atoms with van der Waals surface area (Å²) < 4.78 is 0. The number of nitrogens with two attached hydrogens (primary N) is 1. The van der Waals surface area contributed by atoms with Crippen molar-refractivity contribution >= 4 is 23.7 Å². The van der Waals surface area contributed by atoms with Crippen LogP contribution in [-0.2, 0) is 32.0 Å². The number of carbonyl (C=O) groups excluding carboxylic acids is 3. The first-order valence-corrected chi connectivity index (χ1v) is 10.7. The van der Waals surface area contributed by atoms with Gasteiger partial charge in [-0.1, -0.05) is 30.3 Å². The third-order valence-corrected chi connectivity index (χ3v) is 5.05. The first-order valence-electron chi connectivity index (χ1n) is 10.7. The zero-order valence-electron chi connectivity index (χ0n) is 18.9. The van der Waals surface area contributed by atoms with E-state index in [0.717, 1.165) is 5.56 Å². The zero-order valence-corrected chi connectivity index (χ0v) is 18.9. The largest absolute Gasteiger partial charge is 0.480 e. The highest BCUT2D eigenvalue weighted by molar-refractivity contribution is 5.94. The maximum absolute atomic E-state index is 12.7. The van der Waals surface area contributed by atoms with Crippen LogP contribution in [0.4, 0.5) is 0 Å². The van der Waals surface area contributed by atoms with Gasteiger partial charge in [-0.15, -0.1) is 0 Å². The van der Waals surface area contributed by atoms with Crippen molar-refractivity contribution in [1.29, 1.82) is 0 Å². The second-order valence-electron chi connectivity index (χ2n) is 7.93. The fourth-order valence-corrected chi connectivity index (χ4v) is 3.11. The molecule has 0 radical (unpaired) electrons. The molecule has 1 aromatic carbocycles. The van der Waals surface area contributed by atoms with Gasteiger partial charge in [0.15, 0.2) is 6.04 Å². The van der Waals surface area contributed by atoms with Gasteiger partial charge in [0.1, 0.15) is 12.1 Å². The molecule has 0 saturated heterocycles. The summed E-state index contributed by atoms with van der Waals surface area (Å²) in [4.78, 5) is 55.9. The number of nitrogens with one attached hydrogen (secondary N) is 4. The van der Waals surface area contributed by atoms with E-state index in [1.807, 2.05) is 30.3 Å². The highest BCUT2D eigenvalue weighted by Crippen LogP contribution is 2.04. The summed E-state index contributed by atoms with van der Waals surface area (Å²) in [5.74, 6) is -3.47. The molecule has 0 aliphatic heterocycles. The minimum atomic E-state index is -1.57. The number of aliphatic hydroxyl groups is 1. The number of benzene rings is 1. The minimum absolute atomic E-state index is 0.0299. The summed E-state index contributed by atoms with van der Waals surface area (Å²) in [6, 6.07) is 4.48. The number of imidazole rings is 1. The Bertz CT molecular complexity index is 966. The predicted octanol–water partition coefficient (Wildman–Crippen LogP) is -1.54. The summed E-state index contributed by atoms with van der Waals surface area (Å²) in [7, 11) is 0. The predicted molar refractivity (Wildman–Crippen MR) is 121 cm³/mol. The van der Waals surface area contributed by atoms with Crippen LogP contribution in [0.5, 0.6) is 0 Å². The fourth-order valence-electron chi connectivity index (χ4n) is 3.11. The highest BCUT2D eigenvalue weighted by atomic mass is 16.4. The summed E-state index contributed by atoms with van der Waals surface area (Å²) in [6.07, 6.45) is 1.72. The summed E-state index contributed by atoms with van der Waals surface area (Å²) in [5.41, 5.74) is 7.32. The van der Waals surface area contributed by atoms with Gasteiger partial charge in [-0.3, -0.25) is 14.4 Å². The number of carbonyl (C=O) groups is 4. The van der Waals surface area contributed by atoms with Crippen LogP contribution in [0, 0.1) is 0 Å². The number of rotatable bonds is 12. The number of aromatic nitrogens is 2. The van der Waals surface area contributed by atoms with Gasteiger partial charge < -0.3 is 36.9 Å². The molecule has 0 aliphatic rings. The van der Waals surface area contributed by atoms with Crippen LogP contribution in [0.2, 0.25) is 0 Å². The standard InChI is InChI=1S/C22H30N6O6/c1-12(26-20(31)16(23)8-14-6-4-3-5-7-14)19(30)27-17(9-15-10-24-11-25-15)21(32)28-18(13(2)29)22(33)34/h3-7,10-13,16-18,29H,8-9,23H2,1-2H3,(H,24,25)(H,26,31)(H,27,30)(H,28,32)(H,33,34). The van der Waals surface area contributed by atoms with Gasteiger partial charge in [0.05, 0.1) is 18.5 Å². The molecule has 5 atom stereocenters. The molecular formula is C22H30N6O6. The molecule has 0 fully saturated rings. The second kappa shape index (κ2) is 12.5. The molecule has 3 amide bonds. The van der Waals surface area contributed by atoms with Gasteiger partial charge >= 0.3 is 5.97 Å². The highest BCUT2D eigenvalue weighted by Gasteiger charge is 2.31. The fraction of sp³-hybridized carbons (Fsp3) is 0.409. The summed E-state index contributed by atoms with van der Waals surface area (Å²) >= 11 is 0. The minimum Gasteiger partial charge on any atom is -0.480 e. The van der Waals surface area contributed by atoms with E-state index in [-0.39, 0.29) is 12.8 Å². The molecule has 1 heterocycles. The van der Waals surface area contributed by atoms with E-state index in [0.29, 0.717) is 5.69 Å². The third-order valence-electron chi connectivity index (χ3n) is 5.05. The molecule has 34 heavy (non-hydrogen) atoms. The van der Waals surface area contributed by atoms with Crippen molar-refractivity contribution in [3.63, 3.8) is 0 Å². The topological polar surface area (TPSA) is 200 Å². The Morgan fingerprint density at radius 3 is 2.24 bits per heavy atom. The van der Waals surface area contributed by atoms with E-state index in [1.54, 1.807) is 0 Å². The van der Waals surface area contributed by atoms with Crippen molar-refractivity contribution < 1.29 is 29.4 Å². The number of aliphatic hydroxyl groups excluding tert-OH is 1. The van der Waals surface area contributed by atoms with Gasteiger partial charge in [0, 0.05) is 18.3 Å². The van der Waals surface area contributed by atoms with E-state index in [1.165, 1.54) is 26.4 Å². The first kappa shape index (κ1) is 26.5. The Morgan fingerprint density at radius 1 is 1.00 bits per heavy atom. The number of H-pyrrole nitrogens is 1. The van der Waals surface area contributed by atoms with Gasteiger partial charge in [-0.2, -0.15) is 0 Å². The maximum atomic E-state index is 12.7. The Hall–Kier alpha value is -3.77. The number of amides is 3. The van der Waals surface area contributed by atoms with Crippen LogP contribution in [0.25, 0.3) is 0 Å². The van der Waals surface area contributed by atoms with Crippen LogP contribution in [0.1, 0.15) is 25.1 Å². The molecular weight excluding hydrogens is 444 g/mol. The van der Waals surface area contributed by atoms with Crippen molar-refractivity contribution in [2.45, 2.75) is 57.0 Å². The lowest BCUT2D eigenvalue weighted by Gasteiger charge is -2.24. The molecule has 0 saturated carbocycles. The Kier molecular flexibility index (Phi) is 9.71. The molecule has 0 spiro atoms. The second-order valence-corrected chi connectivity index (χ2v) is 7.93.